The zero-order valence-corrected chi connectivity index (χ0v) is 10.9. The number of imidazole rings is 1. The van der Waals surface area contributed by atoms with E-state index in [1.165, 1.54) is 6.20 Å². The minimum Gasteiger partial charge on any atom is -0.332 e. The van der Waals surface area contributed by atoms with Crippen molar-refractivity contribution in [2.75, 3.05) is 6.54 Å². The lowest BCUT2D eigenvalue weighted by Crippen LogP contribution is -2.26. The number of aromatic nitrogens is 2. The molecule has 1 aromatic heterocycles. The van der Waals surface area contributed by atoms with Gasteiger partial charge in [0.1, 0.15) is 5.82 Å². The Bertz CT molecular complexity index is 605. The molecular weight excluding hydrogens is 250 g/mol. The van der Waals surface area contributed by atoms with Crippen LogP contribution in [0, 0.1) is 6.92 Å². The van der Waals surface area contributed by atoms with E-state index in [2.05, 4.69) is 14.7 Å². The number of nitrogens with zero attached hydrogens (tertiary/aromatic N) is 1. The highest BCUT2D eigenvalue weighted by atomic mass is 32.2. The maximum atomic E-state index is 11.9. The van der Waals surface area contributed by atoms with Crippen molar-refractivity contribution in [1.82, 2.24) is 14.7 Å². The molecule has 0 unspecified atom stereocenters. The highest BCUT2D eigenvalue weighted by Crippen LogP contribution is 2.05. The average molecular weight is 265 g/mol. The van der Waals surface area contributed by atoms with E-state index in [9.17, 15) is 8.42 Å². The summed E-state index contributed by atoms with van der Waals surface area (Å²) in [5.74, 6) is 0.582. The summed E-state index contributed by atoms with van der Waals surface area (Å²) in [4.78, 5) is 6.58. The van der Waals surface area contributed by atoms with Gasteiger partial charge in [-0.1, -0.05) is 30.3 Å². The Balaban J connectivity index is 1.94. The van der Waals surface area contributed by atoms with Gasteiger partial charge < -0.3 is 4.98 Å². The SMILES string of the molecule is Cc1ncc(S(=O)(=O)NCCc2ccccc2)[nH]1. The fourth-order valence-electron chi connectivity index (χ4n) is 1.59. The van der Waals surface area contributed by atoms with Crippen LogP contribution < -0.4 is 4.72 Å². The van der Waals surface area contributed by atoms with Crippen LogP contribution in [0.2, 0.25) is 0 Å². The summed E-state index contributed by atoms with van der Waals surface area (Å²) in [7, 11) is -3.48. The lowest BCUT2D eigenvalue weighted by molar-refractivity contribution is 0.578. The molecule has 2 rings (SSSR count). The highest BCUT2D eigenvalue weighted by Gasteiger charge is 2.15. The first-order valence-corrected chi connectivity index (χ1v) is 7.11. The summed E-state index contributed by atoms with van der Waals surface area (Å²) >= 11 is 0. The van der Waals surface area contributed by atoms with Gasteiger partial charge in [-0.3, -0.25) is 0 Å². The van der Waals surface area contributed by atoms with Crippen molar-refractivity contribution in [3.8, 4) is 0 Å². The average Bonchev–Trinajstić information content (AvgIpc) is 2.78. The van der Waals surface area contributed by atoms with Gasteiger partial charge in [-0.15, -0.1) is 0 Å². The second-order valence-corrected chi connectivity index (χ2v) is 5.70. The van der Waals surface area contributed by atoms with Gasteiger partial charge in [0.2, 0.25) is 0 Å². The fourth-order valence-corrected chi connectivity index (χ4v) is 2.59. The van der Waals surface area contributed by atoms with Crippen molar-refractivity contribution in [1.29, 1.82) is 0 Å². The maximum absolute atomic E-state index is 11.9. The zero-order chi connectivity index (χ0) is 13.0. The Kier molecular flexibility index (Phi) is 3.78. The molecule has 0 fully saturated rings. The quantitative estimate of drug-likeness (QED) is 0.854. The smallest absolute Gasteiger partial charge is 0.257 e. The van der Waals surface area contributed by atoms with Crippen molar-refractivity contribution in [3.63, 3.8) is 0 Å². The van der Waals surface area contributed by atoms with E-state index in [4.69, 9.17) is 0 Å². The molecule has 0 atom stereocenters. The van der Waals surface area contributed by atoms with Crippen molar-refractivity contribution >= 4 is 10.0 Å². The molecule has 0 bridgehead atoms. The number of aromatic amines is 1. The van der Waals surface area contributed by atoms with E-state index < -0.39 is 10.0 Å². The zero-order valence-electron chi connectivity index (χ0n) is 10.1. The number of aryl methyl sites for hydroxylation is 1. The van der Waals surface area contributed by atoms with Crippen LogP contribution in [0.25, 0.3) is 0 Å². The van der Waals surface area contributed by atoms with Gasteiger partial charge in [-0.2, -0.15) is 0 Å². The first-order chi connectivity index (χ1) is 8.58. The molecule has 2 aromatic rings. The van der Waals surface area contributed by atoms with Crippen LogP contribution >= 0.6 is 0 Å². The monoisotopic (exact) mass is 265 g/mol. The Morgan fingerprint density at radius 3 is 2.61 bits per heavy atom. The van der Waals surface area contributed by atoms with Gasteiger partial charge in [0.15, 0.2) is 5.03 Å². The maximum Gasteiger partial charge on any atom is 0.257 e. The summed E-state index contributed by atoms with van der Waals surface area (Å²) in [5.41, 5.74) is 1.10. The Hall–Kier alpha value is -1.66. The van der Waals surface area contributed by atoms with E-state index in [1.54, 1.807) is 6.92 Å². The third-order valence-corrected chi connectivity index (χ3v) is 3.89. The Morgan fingerprint density at radius 1 is 1.28 bits per heavy atom. The predicted octanol–water partition coefficient (Wildman–Crippen LogP) is 1.24. The van der Waals surface area contributed by atoms with Gasteiger partial charge in [0.25, 0.3) is 10.0 Å². The van der Waals surface area contributed by atoms with Crippen LogP contribution in [-0.2, 0) is 16.4 Å². The van der Waals surface area contributed by atoms with Crippen LogP contribution in [0.5, 0.6) is 0 Å². The normalized spacial score (nSPS) is 11.6. The van der Waals surface area contributed by atoms with E-state index >= 15 is 0 Å². The third kappa shape index (κ3) is 3.18. The van der Waals surface area contributed by atoms with Crippen LogP contribution in [0.15, 0.2) is 41.6 Å². The Morgan fingerprint density at radius 2 is 2.00 bits per heavy atom. The largest absolute Gasteiger partial charge is 0.332 e. The summed E-state index contributed by atoms with van der Waals surface area (Å²) < 4.78 is 26.2. The van der Waals surface area contributed by atoms with Gasteiger partial charge in [-0.25, -0.2) is 18.1 Å². The predicted molar refractivity (Wildman–Crippen MR) is 68.7 cm³/mol. The van der Waals surface area contributed by atoms with Gasteiger partial charge in [0, 0.05) is 6.54 Å². The highest BCUT2D eigenvalue weighted by molar-refractivity contribution is 7.89. The number of H-pyrrole nitrogens is 1. The standard InChI is InChI=1S/C12H15N3O2S/c1-10-13-9-12(15-10)18(16,17)14-8-7-11-5-3-2-4-6-11/h2-6,9,14H,7-8H2,1H3,(H,13,15). The first-order valence-electron chi connectivity index (χ1n) is 5.63. The number of benzene rings is 1. The van der Waals surface area contributed by atoms with E-state index in [-0.39, 0.29) is 5.03 Å². The topological polar surface area (TPSA) is 74.8 Å². The Labute approximate surface area is 106 Å². The van der Waals surface area contributed by atoms with Gasteiger partial charge in [-0.05, 0) is 18.9 Å². The fraction of sp³-hybridized carbons (Fsp3) is 0.250. The van der Waals surface area contributed by atoms with Crippen molar-refractivity contribution < 1.29 is 8.42 Å². The number of nitrogens with one attached hydrogen (secondary N) is 2. The van der Waals surface area contributed by atoms with Crippen LogP contribution in [0.1, 0.15) is 11.4 Å². The molecule has 5 nitrogen and oxygen atoms in total. The van der Waals surface area contributed by atoms with Crippen molar-refractivity contribution in [3.05, 3.63) is 47.9 Å². The van der Waals surface area contributed by atoms with Crippen LogP contribution in [-0.4, -0.2) is 24.9 Å². The first kappa shape index (κ1) is 12.8. The van der Waals surface area contributed by atoms with Crippen molar-refractivity contribution in [2.24, 2.45) is 0 Å². The van der Waals surface area contributed by atoms with Gasteiger partial charge in [0.05, 0.1) is 6.20 Å². The molecule has 96 valence electrons. The minimum atomic E-state index is -3.48. The molecule has 0 aliphatic heterocycles. The molecular formula is C12H15N3O2S. The van der Waals surface area contributed by atoms with E-state index in [0.29, 0.717) is 18.8 Å². The molecule has 0 spiro atoms. The number of hydrogen-bond donors (Lipinski definition) is 2. The third-order valence-electron chi connectivity index (χ3n) is 2.52. The molecule has 2 N–H and O–H groups in total. The molecule has 0 amide bonds. The summed E-state index contributed by atoms with van der Waals surface area (Å²) in [6, 6.07) is 9.73. The van der Waals surface area contributed by atoms with Gasteiger partial charge >= 0.3 is 0 Å². The van der Waals surface area contributed by atoms with Crippen LogP contribution in [0.3, 0.4) is 0 Å². The summed E-state index contributed by atoms with van der Waals surface area (Å²) in [6.45, 7) is 2.08. The molecule has 6 heteroatoms. The molecule has 0 aliphatic carbocycles. The van der Waals surface area contributed by atoms with Crippen LogP contribution in [0.4, 0.5) is 0 Å². The number of hydrogen-bond acceptors (Lipinski definition) is 3. The lowest BCUT2D eigenvalue weighted by Gasteiger charge is -2.04. The molecule has 1 heterocycles. The molecule has 0 saturated carbocycles. The molecule has 0 aliphatic rings. The molecule has 18 heavy (non-hydrogen) atoms. The second kappa shape index (κ2) is 5.32. The number of rotatable bonds is 5. The van der Waals surface area contributed by atoms with Crippen molar-refractivity contribution in [2.45, 2.75) is 18.4 Å². The molecule has 0 radical (unpaired) electrons. The molecule has 1 aromatic carbocycles. The summed E-state index contributed by atoms with van der Waals surface area (Å²) in [5, 5.41) is 0.105. The summed E-state index contributed by atoms with van der Waals surface area (Å²) in [6.07, 6.45) is 1.98. The minimum absolute atomic E-state index is 0.105. The van der Waals surface area contributed by atoms with E-state index in [0.717, 1.165) is 5.56 Å². The second-order valence-electron chi connectivity index (χ2n) is 3.97. The lowest BCUT2D eigenvalue weighted by atomic mass is 10.2. The van der Waals surface area contributed by atoms with E-state index in [1.807, 2.05) is 30.3 Å². The molecule has 0 saturated heterocycles. The number of sulfonamides is 1.